The monoisotopic (exact) mass is 304 g/mol. The van der Waals surface area contributed by atoms with Gasteiger partial charge in [0, 0.05) is 4.90 Å². The number of rotatable bonds is 5. The Labute approximate surface area is 132 Å². The van der Waals surface area contributed by atoms with Crippen LogP contribution in [0.15, 0.2) is 35.2 Å². The van der Waals surface area contributed by atoms with Crippen molar-refractivity contribution in [3.8, 4) is 0 Å². The molecule has 0 saturated heterocycles. The summed E-state index contributed by atoms with van der Waals surface area (Å²) in [7, 11) is 0. The molecule has 0 N–H and O–H groups in total. The van der Waals surface area contributed by atoms with Crippen LogP contribution in [-0.4, -0.2) is 18.8 Å². The van der Waals surface area contributed by atoms with Crippen LogP contribution in [0.25, 0.3) is 5.57 Å². The van der Waals surface area contributed by atoms with Crippen LogP contribution in [0, 0.1) is 5.92 Å². The van der Waals surface area contributed by atoms with Gasteiger partial charge in [-0.15, -0.1) is 11.8 Å². The molecule has 3 heteroatoms. The normalized spacial score (nSPS) is 16.8. The van der Waals surface area contributed by atoms with E-state index < -0.39 is 0 Å². The summed E-state index contributed by atoms with van der Waals surface area (Å²) in [6, 6.07) is 8.18. The third-order valence-corrected chi connectivity index (χ3v) is 4.69. The first-order chi connectivity index (χ1) is 10.2. The fraction of sp³-hybridized carbons (Fsp3) is 0.500. The van der Waals surface area contributed by atoms with E-state index in [2.05, 4.69) is 24.5 Å². The lowest BCUT2D eigenvalue weighted by atomic mass is 9.87. The number of thioether (sulfide) groups is 1. The van der Waals surface area contributed by atoms with Crippen molar-refractivity contribution in [3.05, 3.63) is 35.9 Å². The van der Waals surface area contributed by atoms with Crippen LogP contribution in [0.5, 0.6) is 0 Å². The van der Waals surface area contributed by atoms with E-state index in [0.717, 1.165) is 11.1 Å². The van der Waals surface area contributed by atoms with Crippen LogP contribution in [0.1, 0.15) is 44.6 Å². The topological polar surface area (TPSA) is 26.3 Å². The summed E-state index contributed by atoms with van der Waals surface area (Å²) in [4.78, 5) is 13.5. The standard InChI is InChI=1S/C18H24O2S/c1-3-20-18(19)17(13-14-7-5-4-6-8-14)15-9-11-16(21-2)12-10-15/h9-14H,3-8H2,1-2H3. The van der Waals surface area contributed by atoms with Gasteiger partial charge in [-0.25, -0.2) is 4.79 Å². The molecule has 114 valence electrons. The molecule has 0 aliphatic heterocycles. The molecule has 1 aromatic rings. The zero-order valence-corrected chi connectivity index (χ0v) is 13.7. The Morgan fingerprint density at radius 3 is 2.48 bits per heavy atom. The Hall–Kier alpha value is -1.22. The van der Waals surface area contributed by atoms with Crippen molar-refractivity contribution < 1.29 is 9.53 Å². The van der Waals surface area contributed by atoms with Gasteiger partial charge in [0.2, 0.25) is 0 Å². The minimum atomic E-state index is -0.194. The lowest BCUT2D eigenvalue weighted by Crippen LogP contribution is -2.10. The number of benzene rings is 1. The van der Waals surface area contributed by atoms with Crippen LogP contribution >= 0.6 is 11.8 Å². The van der Waals surface area contributed by atoms with Gasteiger partial charge in [-0.1, -0.05) is 37.5 Å². The van der Waals surface area contributed by atoms with Crippen molar-refractivity contribution in [1.29, 1.82) is 0 Å². The summed E-state index contributed by atoms with van der Waals surface area (Å²) in [6.45, 7) is 2.27. The van der Waals surface area contributed by atoms with Crippen LogP contribution in [0.2, 0.25) is 0 Å². The summed E-state index contributed by atoms with van der Waals surface area (Å²) in [6.07, 6.45) is 10.4. The molecule has 0 spiro atoms. The lowest BCUT2D eigenvalue weighted by Gasteiger charge is -2.19. The van der Waals surface area contributed by atoms with Crippen molar-refractivity contribution in [2.24, 2.45) is 5.92 Å². The fourth-order valence-electron chi connectivity index (χ4n) is 2.80. The van der Waals surface area contributed by atoms with Gasteiger partial charge in [-0.2, -0.15) is 0 Å². The average Bonchev–Trinajstić information content (AvgIpc) is 2.54. The molecule has 0 amide bonds. The lowest BCUT2D eigenvalue weighted by molar-refractivity contribution is -0.136. The molecule has 0 heterocycles. The van der Waals surface area contributed by atoms with E-state index in [1.807, 2.05) is 19.1 Å². The van der Waals surface area contributed by atoms with Gasteiger partial charge in [-0.3, -0.25) is 0 Å². The fourth-order valence-corrected chi connectivity index (χ4v) is 3.21. The van der Waals surface area contributed by atoms with Crippen molar-refractivity contribution >= 4 is 23.3 Å². The van der Waals surface area contributed by atoms with Gasteiger partial charge in [0.1, 0.15) is 0 Å². The second-order valence-corrected chi connectivity index (χ2v) is 6.31. The molecule has 1 aliphatic rings. The first kappa shape index (κ1) is 16.2. The van der Waals surface area contributed by atoms with E-state index >= 15 is 0 Å². The molecule has 0 radical (unpaired) electrons. The number of ether oxygens (including phenoxy) is 1. The van der Waals surface area contributed by atoms with Crippen molar-refractivity contribution in [2.45, 2.75) is 43.9 Å². The summed E-state index contributed by atoms with van der Waals surface area (Å²) in [5.41, 5.74) is 1.70. The Morgan fingerprint density at radius 2 is 1.90 bits per heavy atom. The Bertz CT molecular complexity index is 484. The van der Waals surface area contributed by atoms with E-state index in [9.17, 15) is 4.79 Å². The van der Waals surface area contributed by atoms with Crippen LogP contribution < -0.4 is 0 Å². The molecule has 1 saturated carbocycles. The average molecular weight is 304 g/mol. The molecule has 1 aromatic carbocycles. The molecule has 0 atom stereocenters. The summed E-state index contributed by atoms with van der Waals surface area (Å²) in [5.74, 6) is 0.318. The Morgan fingerprint density at radius 1 is 1.24 bits per heavy atom. The van der Waals surface area contributed by atoms with Gasteiger partial charge in [0.25, 0.3) is 0 Å². The number of hydrogen-bond acceptors (Lipinski definition) is 3. The third kappa shape index (κ3) is 4.63. The molecule has 2 nitrogen and oxygen atoms in total. The molecule has 2 rings (SSSR count). The molecule has 21 heavy (non-hydrogen) atoms. The van der Waals surface area contributed by atoms with Gasteiger partial charge < -0.3 is 4.74 Å². The minimum absolute atomic E-state index is 0.194. The van der Waals surface area contributed by atoms with Crippen LogP contribution in [0.4, 0.5) is 0 Å². The highest BCUT2D eigenvalue weighted by Crippen LogP contribution is 2.29. The molecular formula is C18H24O2S. The second-order valence-electron chi connectivity index (χ2n) is 5.43. The SMILES string of the molecule is CCOC(=O)C(=CC1CCCCC1)c1ccc(SC)cc1. The van der Waals surface area contributed by atoms with E-state index in [0.29, 0.717) is 12.5 Å². The highest BCUT2D eigenvalue weighted by Gasteiger charge is 2.18. The van der Waals surface area contributed by atoms with E-state index in [1.165, 1.54) is 37.0 Å². The van der Waals surface area contributed by atoms with Gasteiger partial charge in [0.05, 0.1) is 12.2 Å². The third-order valence-electron chi connectivity index (χ3n) is 3.95. The summed E-state index contributed by atoms with van der Waals surface area (Å²) < 4.78 is 5.24. The molecule has 0 bridgehead atoms. The van der Waals surface area contributed by atoms with Crippen LogP contribution in [0.3, 0.4) is 0 Å². The molecule has 1 fully saturated rings. The number of hydrogen-bond donors (Lipinski definition) is 0. The number of carbonyl (C=O) groups excluding carboxylic acids is 1. The number of allylic oxidation sites excluding steroid dienone is 1. The van der Waals surface area contributed by atoms with Crippen molar-refractivity contribution in [2.75, 3.05) is 12.9 Å². The van der Waals surface area contributed by atoms with Crippen molar-refractivity contribution in [3.63, 3.8) is 0 Å². The zero-order valence-electron chi connectivity index (χ0n) is 12.9. The van der Waals surface area contributed by atoms with Gasteiger partial charge >= 0.3 is 5.97 Å². The molecule has 1 aliphatic carbocycles. The first-order valence-corrected chi connectivity index (χ1v) is 9.00. The quantitative estimate of drug-likeness (QED) is 0.438. The summed E-state index contributed by atoms with van der Waals surface area (Å²) >= 11 is 1.71. The molecule has 0 unspecified atom stereocenters. The zero-order chi connectivity index (χ0) is 15.1. The predicted molar refractivity (Wildman–Crippen MR) is 89.4 cm³/mol. The maximum absolute atomic E-state index is 12.3. The Kier molecular flexibility index (Phi) is 6.37. The maximum Gasteiger partial charge on any atom is 0.338 e. The first-order valence-electron chi connectivity index (χ1n) is 7.78. The number of esters is 1. The molecular weight excluding hydrogens is 280 g/mol. The summed E-state index contributed by atoms with van der Waals surface area (Å²) in [5, 5.41) is 0. The molecule has 0 aromatic heterocycles. The van der Waals surface area contributed by atoms with Gasteiger partial charge in [-0.05, 0) is 49.6 Å². The minimum Gasteiger partial charge on any atom is -0.462 e. The van der Waals surface area contributed by atoms with E-state index in [1.54, 1.807) is 11.8 Å². The van der Waals surface area contributed by atoms with E-state index in [-0.39, 0.29) is 5.97 Å². The highest BCUT2D eigenvalue weighted by molar-refractivity contribution is 7.98. The van der Waals surface area contributed by atoms with E-state index in [4.69, 9.17) is 4.74 Å². The number of carbonyl (C=O) groups is 1. The van der Waals surface area contributed by atoms with Crippen LogP contribution in [-0.2, 0) is 9.53 Å². The van der Waals surface area contributed by atoms with Gasteiger partial charge in [0.15, 0.2) is 0 Å². The second kappa shape index (κ2) is 8.28. The Balaban J connectivity index is 2.25. The maximum atomic E-state index is 12.3. The largest absolute Gasteiger partial charge is 0.462 e. The predicted octanol–water partition coefficient (Wildman–Crippen LogP) is 4.94. The smallest absolute Gasteiger partial charge is 0.338 e. The highest BCUT2D eigenvalue weighted by atomic mass is 32.2. The van der Waals surface area contributed by atoms with Crippen molar-refractivity contribution in [1.82, 2.24) is 0 Å².